The predicted octanol–water partition coefficient (Wildman–Crippen LogP) is 4.46. The molecular weight excluding hydrogens is 534 g/mol. The van der Waals surface area contributed by atoms with Gasteiger partial charge in [0, 0.05) is 73.5 Å². The van der Waals surface area contributed by atoms with Crippen LogP contribution in [0.25, 0.3) is 11.1 Å². The minimum Gasteiger partial charge on any atom is -0.379 e. The van der Waals surface area contributed by atoms with E-state index >= 15 is 0 Å². The molecule has 8 nitrogen and oxygen atoms in total. The van der Waals surface area contributed by atoms with Crippen molar-refractivity contribution in [3.63, 3.8) is 0 Å². The number of aromatic amines is 1. The van der Waals surface area contributed by atoms with Crippen molar-refractivity contribution >= 4 is 23.4 Å². The quantitative estimate of drug-likeness (QED) is 0.410. The first kappa shape index (κ1) is 29.4. The molecule has 0 spiro atoms. The average Bonchev–Trinajstić information content (AvgIpc) is 2.97. The molecule has 9 heteroatoms. The second-order valence-electron chi connectivity index (χ2n) is 11.2. The SMILES string of the molecule is Cc1cc(C)c(CNC(=O)c2cc(-c3ccc(CN4CCOCC4)nc3)cc(N(C)C3CCSCC3)c2C)c(=O)[nH]1. The Labute approximate surface area is 246 Å². The lowest BCUT2D eigenvalue weighted by atomic mass is 9.96. The molecule has 2 saturated heterocycles. The van der Waals surface area contributed by atoms with Gasteiger partial charge in [-0.05, 0) is 86.1 Å². The molecule has 2 aliphatic rings. The van der Waals surface area contributed by atoms with Crippen LogP contribution in [0.5, 0.6) is 0 Å². The van der Waals surface area contributed by atoms with Crippen molar-refractivity contribution in [2.75, 3.05) is 49.8 Å². The number of carbonyl (C=O) groups is 1. The molecule has 1 aromatic carbocycles. The molecule has 0 bridgehead atoms. The van der Waals surface area contributed by atoms with Crippen LogP contribution in [0, 0.1) is 20.8 Å². The van der Waals surface area contributed by atoms with Crippen LogP contribution in [-0.4, -0.2) is 71.7 Å². The lowest BCUT2D eigenvalue weighted by Gasteiger charge is -2.34. The van der Waals surface area contributed by atoms with Gasteiger partial charge >= 0.3 is 0 Å². The van der Waals surface area contributed by atoms with E-state index in [2.05, 4.69) is 45.3 Å². The lowest BCUT2D eigenvalue weighted by Crippen LogP contribution is -2.36. The number of hydrogen-bond acceptors (Lipinski definition) is 7. The number of rotatable bonds is 8. The van der Waals surface area contributed by atoms with Crippen molar-refractivity contribution in [3.05, 3.63) is 80.5 Å². The minimum atomic E-state index is -0.186. The molecule has 0 radical (unpaired) electrons. The third-order valence-corrected chi connectivity index (χ3v) is 9.36. The zero-order chi connectivity index (χ0) is 28.9. The topological polar surface area (TPSA) is 90.6 Å². The molecule has 1 amide bonds. The van der Waals surface area contributed by atoms with Crippen LogP contribution >= 0.6 is 11.8 Å². The van der Waals surface area contributed by atoms with Gasteiger partial charge < -0.3 is 19.9 Å². The molecule has 3 aromatic rings. The fourth-order valence-electron chi connectivity index (χ4n) is 5.78. The molecule has 5 rings (SSSR count). The number of aromatic nitrogens is 2. The van der Waals surface area contributed by atoms with Crippen molar-refractivity contribution in [2.45, 2.75) is 52.7 Å². The van der Waals surface area contributed by atoms with Gasteiger partial charge in [0.2, 0.25) is 0 Å². The van der Waals surface area contributed by atoms with Gasteiger partial charge in [-0.3, -0.25) is 19.5 Å². The number of H-pyrrole nitrogens is 1. The van der Waals surface area contributed by atoms with Crippen molar-refractivity contribution in [1.82, 2.24) is 20.2 Å². The monoisotopic (exact) mass is 575 g/mol. The number of nitrogens with one attached hydrogen (secondary N) is 2. The third kappa shape index (κ3) is 7.02. The van der Waals surface area contributed by atoms with Crippen LogP contribution in [0.1, 0.15) is 51.3 Å². The van der Waals surface area contributed by atoms with Crippen LogP contribution < -0.4 is 15.8 Å². The second kappa shape index (κ2) is 13.2. The molecule has 2 N–H and O–H groups in total. The first-order valence-electron chi connectivity index (χ1n) is 14.5. The molecule has 0 saturated carbocycles. The highest BCUT2D eigenvalue weighted by Crippen LogP contribution is 2.34. The summed E-state index contributed by atoms with van der Waals surface area (Å²) in [6.45, 7) is 10.1. The summed E-state index contributed by atoms with van der Waals surface area (Å²) in [5.74, 6) is 2.12. The van der Waals surface area contributed by atoms with Crippen LogP contribution in [0.4, 0.5) is 5.69 Å². The predicted molar refractivity (Wildman–Crippen MR) is 167 cm³/mol. The first-order chi connectivity index (χ1) is 19.8. The van der Waals surface area contributed by atoms with Gasteiger partial charge in [-0.25, -0.2) is 0 Å². The van der Waals surface area contributed by atoms with Crippen molar-refractivity contribution in [3.8, 4) is 11.1 Å². The number of aryl methyl sites for hydroxylation is 2. The number of morpholine rings is 1. The summed E-state index contributed by atoms with van der Waals surface area (Å²) < 4.78 is 5.47. The van der Waals surface area contributed by atoms with E-state index in [0.29, 0.717) is 17.2 Å². The van der Waals surface area contributed by atoms with E-state index in [1.807, 2.05) is 50.9 Å². The minimum absolute atomic E-state index is 0.160. The van der Waals surface area contributed by atoms with E-state index in [4.69, 9.17) is 9.72 Å². The number of anilines is 1. The molecular formula is C32H41N5O3S. The maximum Gasteiger partial charge on any atom is 0.253 e. The van der Waals surface area contributed by atoms with Crippen molar-refractivity contribution in [2.24, 2.45) is 0 Å². The molecule has 0 aliphatic carbocycles. The zero-order valence-corrected chi connectivity index (χ0v) is 25.4. The van der Waals surface area contributed by atoms with Gasteiger partial charge in [0.15, 0.2) is 0 Å². The number of carbonyl (C=O) groups excluding carboxylic acids is 1. The summed E-state index contributed by atoms with van der Waals surface area (Å²) >= 11 is 2.01. The van der Waals surface area contributed by atoms with E-state index in [1.165, 1.54) is 0 Å². The Kier molecular flexibility index (Phi) is 9.47. The van der Waals surface area contributed by atoms with E-state index < -0.39 is 0 Å². The number of hydrogen-bond donors (Lipinski definition) is 2. The number of thioether (sulfide) groups is 1. The highest BCUT2D eigenvalue weighted by Gasteiger charge is 2.23. The number of amides is 1. The smallest absolute Gasteiger partial charge is 0.253 e. The summed E-state index contributed by atoms with van der Waals surface area (Å²) in [4.78, 5) is 38.5. The van der Waals surface area contributed by atoms with E-state index in [9.17, 15) is 9.59 Å². The van der Waals surface area contributed by atoms with E-state index in [0.717, 1.165) is 96.5 Å². The Bertz CT molecular complexity index is 1430. The summed E-state index contributed by atoms with van der Waals surface area (Å²) in [6.07, 6.45) is 4.16. The van der Waals surface area contributed by atoms with Crippen LogP contribution in [-0.2, 0) is 17.8 Å². The normalized spacial score (nSPS) is 16.5. The number of nitrogens with zero attached hydrogens (tertiary/aromatic N) is 3. The van der Waals surface area contributed by atoms with Crippen LogP contribution in [0.2, 0.25) is 0 Å². The summed E-state index contributed by atoms with van der Waals surface area (Å²) in [7, 11) is 2.15. The standard InChI is InChI=1S/C32H41N5O3S/c1-21-15-22(2)35-32(39)29(21)19-34-31(38)28-16-25(17-30(23(28)3)36(4)27-7-13-41-14-8-27)24-5-6-26(33-18-24)20-37-9-11-40-12-10-37/h5-6,15-18,27H,7-14,19-20H2,1-4H3,(H,34,38)(H,35,39). The molecule has 2 fully saturated rings. The van der Waals surface area contributed by atoms with Crippen molar-refractivity contribution in [1.29, 1.82) is 0 Å². The Hall–Kier alpha value is -3.14. The molecule has 0 atom stereocenters. The third-order valence-electron chi connectivity index (χ3n) is 8.31. The second-order valence-corrected chi connectivity index (χ2v) is 12.4. The number of pyridine rings is 2. The van der Waals surface area contributed by atoms with Gasteiger partial charge in [-0.2, -0.15) is 11.8 Å². The maximum atomic E-state index is 13.7. The van der Waals surface area contributed by atoms with Crippen LogP contribution in [0.3, 0.4) is 0 Å². The van der Waals surface area contributed by atoms with Gasteiger partial charge in [0.1, 0.15) is 0 Å². The fourth-order valence-corrected chi connectivity index (χ4v) is 6.86. The molecule has 4 heterocycles. The number of benzene rings is 1. The molecule has 218 valence electrons. The summed E-state index contributed by atoms with van der Waals surface area (Å²) in [5, 5.41) is 3.02. The molecule has 2 aromatic heterocycles. The van der Waals surface area contributed by atoms with E-state index in [-0.39, 0.29) is 18.0 Å². The fraction of sp³-hybridized carbons (Fsp3) is 0.469. The average molecular weight is 576 g/mol. The maximum absolute atomic E-state index is 13.7. The highest BCUT2D eigenvalue weighted by atomic mass is 32.2. The van der Waals surface area contributed by atoms with Crippen molar-refractivity contribution < 1.29 is 9.53 Å². The Morgan fingerprint density at radius 1 is 1.12 bits per heavy atom. The lowest BCUT2D eigenvalue weighted by molar-refractivity contribution is 0.0336. The Morgan fingerprint density at radius 3 is 2.56 bits per heavy atom. The Morgan fingerprint density at radius 2 is 1.88 bits per heavy atom. The molecule has 2 aliphatic heterocycles. The molecule has 41 heavy (non-hydrogen) atoms. The van der Waals surface area contributed by atoms with Gasteiger partial charge in [-0.1, -0.05) is 6.07 Å². The van der Waals surface area contributed by atoms with Gasteiger partial charge in [0.05, 0.1) is 18.9 Å². The summed E-state index contributed by atoms with van der Waals surface area (Å²) in [6, 6.07) is 10.7. The Balaban J connectivity index is 1.44. The largest absolute Gasteiger partial charge is 0.379 e. The van der Waals surface area contributed by atoms with Gasteiger partial charge in [-0.15, -0.1) is 0 Å². The summed E-state index contributed by atoms with van der Waals surface area (Å²) in [5.41, 5.74) is 7.68. The number of ether oxygens (including phenoxy) is 1. The first-order valence-corrected chi connectivity index (χ1v) is 15.6. The zero-order valence-electron chi connectivity index (χ0n) is 24.6. The van der Waals surface area contributed by atoms with Crippen LogP contribution in [0.15, 0.2) is 41.3 Å². The highest BCUT2D eigenvalue weighted by molar-refractivity contribution is 7.99. The van der Waals surface area contributed by atoms with Gasteiger partial charge in [0.25, 0.3) is 11.5 Å². The van der Waals surface area contributed by atoms with E-state index in [1.54, 1.807) is 0 Å². The molecule has 0 unspecified atom stereocenters.